The van der Waals surface area contributed by atoms with E-state index in [-0.39, 0.29) is 5.54 Å². The number of guanidine groups is 1. The summed E-state index contributed by atoms with van der Waals surface area (Å²) in [5.41, 5.74) is 7.14. The van der Waals surface area contributed by atoms with E-state index in [2.05, 4.69) is 22.0 Å². The molecule has 0 radical (unpaired) electrons. The number of rotatable bonds is 4. The predicted octanol–water partition coefficient (Wildman–Crippen LogP) is 1.62. The minimum Gasteiger partial charge on any atom is -0.382 e. The molecule has 1 fully saturated rings. The van der Waals surface area contributed by atoms with E-state index in [0.29, 0.717) is 18.5 Å². The van der Waals surface area contributed by atoms with Gasteiger partial charge in [0.25, 0.3) is 0 Å². The Morgan fingerprint density at radius 2 is 2.11 bits per heavy atom. The summed E-state index contributed by atoms with van der Waals surface area (Å²) in [5.74, 6) is 1.26. The predicted molar refractivity (Wildman–Crippen MR) is 72.7 cm³/mol. The average Bonchev–Trinajstić information content (AvgIpc) is 3.18. The molecule has 0 amide bonds. The SMILES string of the molecule is COCC1(C2CC2)CN=C(N)N1c1ccccc1. The number of aliphatic imine (C=N–C) groups is 1. The Bertz CT molecular complexity index is 455. The summed E-state index contributed by atoms with van der Waals surface area (Å²) in [5, 5.41) is 0. The molecule has 1 heterocycles. The molecule has 4 nitrogen and oxygen atoms in total. The van der Waals surface area contributed by atoms with E-state index in [1.807, 2.05) is 18.2 Å². The highest BCUT2D eigenvalue weighted by molar-refractivity contribution is 5.98. The molecule has 96 valence electrons. The smallest absolute Gasteiger partial charge is 0.196 e. The zero-order chi connectivity index (χ0) is 12.6. The summed E-state index contributed by atoms with van der Waals surface area (Å²) in [6, 6.07) is 10.2. The second-order valence-corrected chi connectivity index (χ2v) is 5.16. The molecule has 1 aliphatic carbocycles. The Morgan fingerprint density at radius 3 is 2.72 bits per heavy atom. The van der Waals surface area contributed by atoms with Crippen molar-refractivity contribution >= 4 is 11.6 Å². The van der Waals surface area contributed by atoms with Gasteiger partial charge in [-0.3, -0.25) is 4.99 Å². The first-order valence-corrected chi connectivity index (χ1v) is 6.42. The van der Waals surface area contributed by atoms with Gasteiger partial charge in [0.05, 0.1) is 18.7 Å². The number of anilines is 1. The molecule has 1 aliphatic heterocycles. The third-order valence-electron chi connectivity index (χ3n) is 3.94. The van der Waals surface area contributed by atoms with Crippen LogP contribution in [0.25, 0.3) is 0 Å². The quantitative estimate of drug-likeness (QED) is 0.877. The minimum absolute atomic E-state index is 0.0693. The topological polar surface area (TPSA) is 50.9 Å². The second-order valence-electron chi connectivity index (χ2n) is 5.16. The third-order valence-corrected chi connectivity index (χ3v) is 3.94. The van der Waals surface area contributed by atoms with Gasteiger partial charge in [-0.05, 0) is 30.9 Å². The number of methoxy groups -OCH3 is 1. The highest BCUT2D eigenvalue weighted by atomic mass is 16.5. The lowest BCUT2D eigenvalue weighted by Crippen LogP contribution is -2.56. The van der Waals surface area contributed by atoms with Gasteiger partial charge in [0.15, 0.2) is 5.96 Å². The Balaban J connectivity index is 1.99. The second kappa shape index (κ2) is 4.28. The summed E-state index contributed by atoms with van der Waals surface area (Å²) in [6.45, 7) is 1.42. The summed E-state index contributed by atoms with van der Waals surface area (Å²) in [7, 11) is 1.75. The van der Waals surface area contributed by atoms with Crippen LogP contribution in [0.4, 0.5) is 5.69 Å². The van der Waals surface area contributed by atoms with Gasteiger partial charge in [0, 0.05) is 12.8 Å². The summed E-state index contributed by atoms with van der Waals surface area (Å²) in [4.78, 5) is 6.64. The first-order chi connectivity index (χ1) is 8.78. The molecular weight excluding hydrogens is 226 g/mol. The van der Waals surface area contributed by atoms with Crippen molar-refractivity contribution in [1.82, 2.24) is 0 Å². The fraction of sp³-hybridized carbons (Fsp3) is 0.500. The van der Waals surface area contributed by atoms with Gasteiger partial charge in [-0.15, -0.1) is 0 Å². The number of para-hydroxylation sites is 1. The normalized spacial score (nSPS) is 27.4. The maximum absolute atomic E-state index is 6.10. The van der Waals surface area contributed by atoms with Crippen molar-refractivity contribution in [3.63, 3.8) is 0 Å². The number of benzene rings is 1. The van der Waals surface area contributed by atoms with E-state index in [1.165, 1.54) is 12.8 Å². The molecule has 18 heavy (non-hydrogen) atoms. The Labute approximate surface area is 107 Å². The zero-order valence-electron chi connectivity index (χ0n) is 10.7. The molecule has 3 rings (SSSR count). The number of ether oxygens (including phenoxy) is 1. The van der Waals surface area contributed by atoms with Crippen molar-refractivity contribution in [3.05, 3.63) is 30.3 Å². The molecule has 4 heteroatoms. The molecule has 1 saturated carbocycles. The third kappa shape index (κ3) is 1.68. The lowest BCUT2D eigenvalue weighted by atomic mass is 9.92. The molecule has 1 unspecified atom stereocenters. The summed E-state index contributed by atoms with van der Waals surface area (Å²) < 4.78 is 5.46. The fourth-order valence-corrected chi connectivity index (χ4v) is 2.96. The van der Waals surface area contributed by atoms with Crippen LogP contribution in [0.3, 0.4) is 0 Å². The average molecular weight is 245 g/mol. The largest absolute Gasteiger partial charge is 0.382 e. The van der Waals surface area contributed by atoms with E-state index in [9.17, 15) is 0 Å². The summed E-state index contributed by atoms with van der Waals surface area (Å²) in [6.07, 6.45) is 2.49. The van der Waals surface area contributed by atoms with Crippen molar-refractivity contribution in [1.29, 1.82) is 0 Å². The van der Waals surface area contributed by atoms with Crippen molar-refractivity contribution < 1.29 is 4.74 Å². The van der Waals surface area contributed by atoms with Gasteiger partial charge < -0.3 is 15.4 Å². The molecule has 0 saturated heterocycles. The molecule has 1 aromatic rings. The molecule has 0 aromatic heterocycles. The summed E-state index contributed by atoms with van der Waals surface area (Å²) >= 11 is 0. The van der Waals surface area contributed by atoms with Crippen molar-refractivity contribution in [2.24, 2.45) is 16.6 Å². The van der Waals surface area contributed by atoms with Crippen LogP contribution in [0.2, 0.25) is 0 Å². The highest BCUT2D eigenvalue weighted by Crippen LogP contribution is 2.47. The van der Waals surface area contributed by atoms with Crippen LogP contribution in [-0.2, 0) is 4.74 Å². The van der Waals surface area contributed by atoms with Crippen LogP contribution < -0.4 is 10.6 Å². The van der Waals surface area contributed by atoms with E-state index in [0.717, 1.165) is 12.2 Å². The number of hydrogen-bond donors (Lipinski definition) is 1. The maximum atomic E-state index is 6.10. The van der Waals surface area contributed by atoms with Crippen molar-refractivity contribution in [3.8, 4) is 0 Å². The fourth-order valence-electron chi connectivity index (χ4n) is 2.96. The standard InChI is InChI=1S/C14H19N3O/c1-18-10-14(11-7-8-11)9-16-13(15)17(14)12-5-3-2-4-6-12/h2-6,11H,7-10H2,1H3,(H2,15,16). The van der Waals surface area contributed by atoms with E-state index >= 15 is 0 Å². The zero-order valence-corrected chi connectivity index (χ0v) is 10.7. The highest BCUT2D eigenvalue weighted by Gasteiger charge is 2.53. The van der Waals surface area contributed by atoms with Crippen LogP contribution in [0, 0.1) is 5.92 Å². The minimum atomic E-state index is -0.0693. The molecule has 0 bridgehead atoms. The lowest BCUT2D eigenvalue weighted by Gasteiger charge is -2.39. The Hall–Kier alpha value is -1.55. The first-order valence-electron chi connectivity index (χ1n) is 6.42. The molecule has 2 aliphatic rings. The van der Waals surface area contributed by atoms with Crippen LogP contribution in [0.1, 0.15) is 12.8 Å². The molecular formula is C14H19N3O. The Morgan fingerprint density at radius 1 is 1.39 bits per heavy atom. The van der Waals surface area contributed by atoms with Crippen LogP contribution in [0.5, 0.6) is 0 Å². The number of nitrogens with zero attached hydrogens (tertiary/aromatic N) is 2. The molecule has 0 spiro atoms. The Kier molecular flexibility index (Phi) is 2.74. The van der Waals surface area contributed by atoms with Gasteiger partial charge >= 0.3 is 0 Å². The van der Waals surface area contributed by atoms with Gasteiger partial charge in [-0.2, -0.15) is 0 Å². The van der Waals surface area contributed by atoms with Crippen LogP contribution in [-0.4, -0.2) is 31.8 Å². The van der Waals surface area contributed by atoms with Crippen molar-refractivity contribution in [2.75, 3.05) is 25.2 Å². The van der Waals surface area contributed by atoms with Gasteiger partial charge in [0.1, 0.15) is 0 Å². The van der Waals surface area contributed by atoms with E-state index < -0.39 is 0 Å². The first kappa shape index (κ1) is 11.5. The molecule has 2 N–H and O–H groups in total. The lowest BCUT2D eigenvalue weighted by molar-refractivity contribution is 0.129. The van der Waals surface area contributed by atoms with Crippen molar-refractivity contribution in [2.45, 2.75) is 18.4 Å². The van der Waals surface area contributed by atoms with Crippen LogP contribution >= 0.6 is 0 Å². The van der Waals surface area contributed by atoms with Gasteiger partial charge in [0.2, 0.25) is 0 Å². The molecule has 1 atom stereocenters. The monoisotopic (exact) mass is 245 g/mol. The van der Waals surface area contributed by atoms with E-state index in [4.69, 9.17) is 10.5 Å². The molecule has 1 aromatic carbocycles. The number of nitrogens with two attached hydrogens (primary N) is 1. The van der Waals surface area contributed by atoms with E-state index in [1.54, 1.807) is 7.11 Å². The van der Waals surface area contributed by atoms with Gasteiger partial charge in [-0.1, -0.05) is 18.2 Å². The maximum Gasteiger partial charge on any atom is 0.196 e. The van der Waals surface area contributed by atoms with Gasteiger partial charge in [-0.25, -0.2) is 0 Å². The van der Waals surface area contributed by atoms with Crippen LogP contribution in [0.15, 0.2) is 35.3 Å². The number of hydrogen-bond acceptors (Lipinski definition) is 4.